The lowest BCUT2D eigenvalue weighted by Crippen LogP contribution is -2.48. The third-order valence-electron chi connectivity index (χ3n) is 4.71. The number of H-pyrrole nitrogens is 1. The van der Waals surface area contributed by atoms with Gasteiger partial charge in [0, 0.05) is 31.9 Å². The molecule has 0 bridgehead atoms. The Morgan fingerprint density at radius 3 is 2.68 bits per heavy atom. The minimum Gasteiger partial charge on any atom is -0.368 e. The van der Waals surface area contributed by atoms with Gasteiger partial charge in [-0.25, -0.2) is 13.8 Å². The first-order valence-electron chi connectivity index (χ1n) is 8.70. The summed E-state index contributed by atoms with van der Waals surface area (Å²) in [5.74, 6) is -0.173. The van der Waals surface area contributed by atoms with Crippen molar-refractivity contribution in [2.75, 3.05) is 31.1 Å². The Labute approximate surface area is 157 Å². The number of halogens is 2. The Kier molecular flexibility index (Phi) is 4.72. The number of carbonyl (C=O) groups is 1. The molecule has 0 unspecified atom stereocenters. The third-order valence-corrected chi connectivity index (χ3v) is 4.71. The SMILES string of the molecule is O=C(c1cn[nH]n1)N1CCN(c2ccc3c(=O)n(CC(F)F)cnc3c2)CC1. The molecule has 9 nitrogen and oxygen atoms in total. The number of benzene rings is 1. The molecule has 28 heavy (non-hydrogen) atoms. The molecule has 1 aromatic carbocycles. The van der Waals surface area contributed by atoms with Gasteiger partial charge < -0.3 is 9.80 Å². The van der Waals surface area contributed by atoms with Crippen molar-refractivity contribution in [3.63, 3.8) is 0 Å². The Bertz CT molecular complexity index is 1040. The summed E-state index contributed by atoms with van der Waals surface area (Å²) in [4.78, 5) is 32.5. The number of nitrogens with one attached hydrogen (secondary N) is 1. The Morgan fingerprint density at radius 1 is 1.21 bits per heavy atom. The van der Waals surface area contributed by atoms with Crippen LogP contribution >= 0.6 is 0 Å². The molecule has 3 heterocycles. The highest BCUT2D eigenvalue weighted by Gasteiger charge is 2.24. The molecule has 0 spiro atoms. The van der Waals surface area contributed by atoms with E-state index in [0.717, 1.165) is 16.6 Å². The van der Waals surface area contributed by atoms with Crippen LogP contribution in [-0.2, 0) is 6.54 Å². The number of hydrogen-bond acceptors (Lipinski definition) is 6. The van der Waals surface area contributed by atoms with Gasteiger partial charge in [-0.1, -0.05) is 0 Å². The molecule has 0 aliphatic carbocycles. The standard InChI is InChI=1S/C17H17F2N7O2/c18-15(19)9-26-10-20-13-7-11(1-2-12(13)16(26)27)24-3-5-25(6-4-24)17(28)14-8-21-23-22-14/h1-2,7-8,10,15H,3-6,9H2,(H,21,22,23). The lowest BCUT2D eigenvalue weighted by Gasteiger charge is -2.35. The molecule has 1 aliphatic rings. The van der Waals surface area contributed by atoms with Gasteiger partial charge in [-0.15, -0.1) is 0 Å². The van der Waals surface area contributed by atoms with Gasteiger partial charge in [0.05, 0.1) is 30.0 Å². The molecular formula is C17H17F2N7O2. The molecule has 1 saturated heterocycles. The monoisotopic (exact) mass is 389 g/mol. The number of alkyl halides is 2. The van der Waals surface area contributed by atoms with E-state index in [-0.39, 0.29) is 11.6 Å². The zero-order valence-corrected chi connectivity index (χ0v) is 14.8. The summed E-state index contributed by atoms with van der Waals surface area (Å²) in [7, 11) is 0. The molecule has 146 valence electrons. The van der Waals surface area contributed by atoms with Crippen LogP contribution in [0.2, 0.25) is 0 Å². The fraction of sp³-hybridized carbons (Fsp3) is 0.353. The molecule has 1 amide bonds. The fourth-order valence-corrected chi connectivity index (χ4v) is 3.26. The van der Waals surface area contributed by atoms with E-state index >= 15 is 0 Å². The van der Waals surface area contributed by atoms with E-state index in [4.69, 9.17) is 0 Å². The van der Waals surface area contributed by atoms with Crippen LogP contribution in [0.5, 0.6) is 0 Å². The molecule has 1 aliphatic heterocycles. The van der Waals surface area contributed by atoms with Crippen LogP contribution in [0.25, 0.3) is 10.9 Å². The molecule has 1 fully saturated rings. The van der Waals surface area contributed by atoms with Crippen LogP contribution in [0.4, 0.5) is 14.5 Å². The van der Waals surface area contributed by atoms with Gasteiger partial charge in [-0.2, -0.15) is 15.4 Å². The number of nitrogens with zero attached hydrogens (tertiary/aromatic N) is 6. The lowest BCUT2D eigenvalue weighted by atomic mass is 10.2. The predicted octanol–water partition coefficient (Wildman–Crippen LogP) is 0.742. The minimum atomic E-state index is -2.62. The Morgan fingerprint density at radius 2 is 2.00 bits per heavy atom. The Balaban J connectivity index is 1.49. The van der Waals surface area contributed by atoms with Crippen molar-refractivity contribution >= 4 is 22.5 Å². The van der Waals surface area contributed by atoms with Crippen molar-refractivity contribution in [1.29, 1.82) is 0 Å². The molecule has 2 aromatic heterocycles. The first-order chi connectivity index (χ1) is 13.5. The molecule has 0 saturated carbocycles. The van der Waals surface area contributed by atoms with E-state index < -0.39 is 18.5 Å². The van der Waals surface area contributed by atoms with Crippen LogP contribution in [-0.4, -0.2) is 68.4 Å². The lowest BCUT2D eigenvalue weighted by molar-refractivity contribution is 0.0740. The van der Waals surface area contributed by atoms with Crippen molar-refractivity contribution in [2.24, 2.45) is 0 Å². The van der Waals surface area contributed by atoms with E-state index in [2.05, 4.69) is 25.3 Å². The molecule has 1 N–H and O–H groups in total. The molecule has 0 atom stereocenters. The van der Waals surface area contributed by atoms with Crippen molar-refractivity contribution in [3.8, 4) is 0 Å². The van der Waals surface area contributed by atoms with E-state index in [1.165, 1.54) is 6.20 Å². The van der Waals surface area contributed by atoms with Gasteiger partial charge in [0.25, 0.3) is 17.9 Å². The van der Waals surface area contributed by atoms with Gasteiger partial charge in [0.2, 0.25) is 0 Å². The number of anilines is 1. The van der Waals surface area contributed by atoms with Gasteiger partial charge in [-0.05, 0) is 18.2 Å². The maximum absolute atomic E-state index is 12.6. The number of rotatable bonds is 4. The van der Waals surface area contributed by atoms with Crippen LogP contribution in [0.3, 0.4) is 0 Å². The average Bonchev–Trinajstić information content (AvgIpc) is 3.24. The summed E-state index contributed by atoms with van der Waals surface area (Å²) >= 11 is 0. The summed E-state index contributed by atoms with van der Waals surface area (Å²) in [6.07, 6.45) is -0.0768. The third kappa shape index (κ3) is 3.42. The van der Waals surface area contributed by atoms with Crippen molar-refractivity contribution in [3.05, 3.63) is 46.8 Å². The molecule has 3 aromatic rings. The number of hydrogen-bond donors (Lipinski definition) is 1. The second-order valence-electron chi connectivity index (χ2n) is 6.43. The van der Waals surface area contributed by atoms with Crippen LogP contribution < -0.4 is 10.5 Å². The largest absolute Gasteiger partial charge is 0.368 e. The van der Waals surface area contributed by atoms with Crippen LogP contribution in [0.15, 0.2) is 35.5 Å². The quantitative estimate of drug-likeness (QED) is 0.707. The van der Waals surface area contributed by atoms with Gasteiger partial charge in [0.1, 0.15) is 0 Å². The van der Waals surface area contributed by atoms with Crippen molar-refractivity contribution < 1.29 is 13.6 Å². The molecule has 0 radical (unpaired) electrons. The van der Waals surface area contributed by atoms with E-state index in [1.54, 1.807) is 23.1 Å². The van der Waals surface area contributed by atoms with Crippen molar-refractivity contribution in [1.82, 2.24) is 29.9 Å². The van der Waals surface area contributed by atoms with Gasteiger partial charge >= 0.3 is 0 Å². The fourth-order valence-electron chi connectivity index (χ4n) is 3.26. The molecular weight excluding hydrogens is 372 g/mol. The van der Waals surface area contributed by atoms with E-state index in [0.29, 0.717) is 37.1 Å². The van der Waals surface area contributed by atoms with Gasteiger partial charge in [-0.3, -0.25) is 14.2 Å². The highest BCUT2D eigenvalue weighted by Crippen LogP contribution is 2.21. The van der Waals surface area contributed by atoms with Gasteiger partial charge in [0.15, 0.2) is 5.69 Å². The number of aromatic nitrogens is 5. The highest BCUT2D eigenvalue weighted by atomic mass is 19.3. The topological polar surface area (TPSA) is 100 Å². The number of amides is 1. The Hall–Kier alpha value is -3.37. The summed E-state index contributed by atoms with van der Waals surface area (Å²) in [5, 5.41) is 10.2. The second-order valence-corrected chi connectivity index (χ2v) is 6.43. The number of carbonyl (C=O) groups excluding carboxylic acids is 1. The maximum atomic E-state index is 12.6. The summed E-state index contributed by atoms with van der Waals surface area (Å²) < 4.78 is 26.0. The number of piperazine rings is 1. The summed E-state index contributed by atoms with van der Waals surface area (Å²) in [6, 6.07) is 5.14. The molecule has 11 heteroatoms. The first-order valence-corrected chi connectivity index (χ1v) is 8.70. The summed E-state index contributed by atoms with van der Waals surface area (Å²) in [6.45, 7) is 1.58. The normalized spacial score (nSPS) is 14.8. The predicted molar refractivity (Wildman–Crippen MR) is 96.5 cm³/mol. The second kappa shape index (κ2) is 7.33. The highest BCUT2D eigenvalue weighted by molar-refractivity contribution is 5.92. The molecule has 4 rings (SSSR count). The van der Waals surface area contributed by atoms with E-state index in [9.17, 15) is 18.4 Å². The zero-order valence-electron chi connectivity index (χ0n) is 14.8. The number of fused-ring (bicyclic) bond motifs is 1. The zero-order chi connectivity index (χ0) is 19.7. The van der Waals surface area contributed by atoms with Crippen LogP contribution in [0, 0.1) is 0 Å². The smallest absolute Gasteiger partial charge is 0.276 e. The van der Waals surface area contributed by atoms with E-state index in [1.807, 2.05) is 0 Å². The number of aromatic amines is 1. The first kappa shape index (κ1) is 18.0. The van der Waals surface area contributed by atoms with Crippen LogP contribution in [0.1, 0.15) is 10.5 Å². The summed E-state index contributed by atoms with van der Waals surface area (Å²) in [5.41, 5.74) is 1.11. The minimum absolute atomic E-state index is 0.173. The average molecular weight is 389 g/mol. The van der Waals surface area contributed by atoms with Crippen molar-refractivity contribution in [2.45, 2.75) is 13.0 Å². The maximum Gasteiger partial charge on any atom is 0.276 e.